The van der Waals surface area contributed by atoms with E-state index in [1.807, 2.05) is 47.0 Å². The zero-order valence-electron chi connectivity index (χ0n) is 14.7. The summed E-state index contributed by atoms with van der Waals surface area (Å²) in [6.45, 7) is 1.49. The third-order valence-corrected chi connectivity index (χ3v) is 6.06. The fourth-order valence-electron chi connectivity index (χ4n) is 3.32. The Morgan fingerprint density at radius 1 is 1.15 bits per heavy atom. The molecule has 0 aliphatic carbocycles. The maximum atomic E-state index is 12.9. The first-order valence-corrected chi connectivity index (χ1v) is 9.83. The molecule has 4 nitrogen and oxygen atoms in total. The molecule has 1 aliphatic heterocycles. The van der Waals surface area contributed by atoms with Crippen molar-refractivity contribution in [2.24, 2.45) is 0 Å². The summed E-state index contributed by atoms with van der Waals surface area (Å²) in [6, 6.07) is 17.9. The Hall–Kier alpha value is -2.40. The van der Waals surface area contributed by atoms with Gasteiger partial charge in [0.1, 0.15) is 11.3 Å². The molecule has 0 bridgehead atoms. The molecular weight excluding hydrogens is 346 g/mol. The minimum absolute atomic E-state index is 0.0329. The Labute approximate surface area is 157 Å². The molecule has 5 heteroatoms. The van der Waals surface area contributed by atoms with Crippen LogP contribution >= 0.6 is 11.8 Å². The number of amides is 1. The highest BCUT2D eigenvalue weighted by Gasteiger charge is 2.25. The van der Waals surface area contributed by atoms with Crippen LogP contribution < -0.4 is 4.74 Å². The quantitative estimate of drug-likeness (QED) is 0.669. The van der Waals surface area contributed by atoms with Crippen molar-refractivity contribution in [1.29, 1.82) is 0 Å². The molecule has 1 fully saturated rings. The lowest BCUT2D eigenvalue weighted by Crippen LogP contribution is -2.32. The van der Waals surface area contributed by atoms with Crippen molar-refractivity contribution in [2.75, 3.05) is 26.0 Å². The van der Waals surface area contributed by atoms with Gasteiger partial charge in [-0.15, -0.1) is 0 Å². The number of furan rings is 1. The van der Waals surface area contributed by atoms with Crippen LogP contribution in [-0.2, 0) is 0 Å². The van der Waals surface area contributed by atoms with Gasteiger partial charge in [-0.25, -0.2) is 0 Å². The van der Waals surface area contributed by atoms with Crippen LogP contribution in [0.1, 0.15) is 27.8 Å². The van der Waals surface area contributed by atoms with Crippen molar-refractivity contribution in [3.8, 4) is 5.75 Å². The number of hydrogen-bond acceptors (Lipinski definition) is 4. The number of benzene rings is 2. The van der Waals surface area contributed by atoms with Gasteiger partial charge in [-0.2, -0.15) is 11.8 Å². The lowest BCUT2D eigenvalue weighted by atomic mass is 10.1. The number of carbonyl (C=O) groups is 1. The molecule has 4 rings (SSSR count). The van der Waals surface area contributed by atoms with Crippen molar-refractivity contribution in [3.63, 3.8) is 0 Å². The van der Waals surface area contributed by atoms with E-state index in [-0.39, 0.29) is 5.91 Å². The van der Waals surface area contributed by atoms with Gasteiger partial charge in [0.05, 0.1) is 7.11 Å². The molecule has 0 radical (unpaired) electrons. The number of fused-ring (bicyclic) bond motifs is 1. The normalized spacial score (nSPS) is 17.9. The first-order valence-electron chi connectivity index (χ1n) is 8.78. The van der Waals surface area contributed by atoms with Crippen molar-refractivity contribution < 1.29 is 13.9 Å². The van der Waals surface area contributed by atoms with Crippen LogP contribution in [0.25, 0.3) is 11.0 Å². The van der Waals surface area contributed by atoms with Crippen LogP contribution in [0.2, 0.25) is 0 Å². The number of thioether (sulfide) groups is 1. The number of methoxy groups -OCH3 is 1. The minimum atomic E-state index is -0.0329. The monoisotopic (exact) mass is 367 g/mol. The van der Waals surface area contributed by atoms with E-state index in [1.54, 1.807) is 7.11 Å². The van der Waals surface area contributed by atoms with Crippen LogP contribution in [-0.4, -0.2) is 36.8 Å². The van der Waals surface area contributed by atoms with Crippen LogP contribution in [0.5, 0.6) is 5.75 Å². The molecule has 1 amide bonds. The lowest BCUT2D eigenvalue weighted by molar-refractivity contribution is 0.0737. The third-order valence-electron chi connectivity index (χ3n) is 4.73. The van der Waals surface area contributed by atoms with Crippen LogP contribution in [0, 0.1) is 0 Å². The van der Waals surface area contributed by atoms with Crippen LogP contribution in [0.15, 0.2) is 59.0 Å². The Morgan fingerprint density at radius 3 is 2.81 bits per heavy atom. The molecule has 1 saturated heterocycles. The molecule has 0 spiro atoms. The zero-order valence-corrected chi connectivity index (χ0v) is 15.5. The maximum absolute atomic E-state index is 12.9. The number of hydrogen-bond donors (Lipinski definition) is 0. The van der Waals surface area contributed by atoms with Gasteiger partial charge in [0.15, 0.2) is 5.76 Å². The third kappa shape index (κ3) is 3.44. The molecule has 2 aromatic carbocycles. The Bertz CT molecular complexity index is 906. The number of rotatable bonds is 3. The molecule has 2 heterocycles. The first-order chi connectivity index (χ1) is 12.7. The topological polar surface area (TPSA) is 42.7 Å². The van der Waals surface area contributed by atoms with E-state index in [0.29, 0.717) is 16.6 Å². The largest absolute Gasteiger partial charge is 0.497 e. The van der Waals surface area contributed by atoms with Gasteiger partial charge in [-0.1, -0.05) is 30.3 Å². The Kier molecular flexibility index (Phi) is 4.89. The fraction of sp³-hybridized carbons (Fsp3) is 0.286. The molecule has 0 saturated carbocycles. The van der Waals surface area contributed by atoms with Gasteiger partial charge < -0.3 is 14.1 Å². The number of ether oxygens (including phenoxy) is 1. The lowest BCUT2D eigenvalue weighted by Gasteiger charge is -2.19. The number of nitrogens with zero attached hydrogens (tertiary/aromatic N) is 1. The van der Waals surface area contributed by atoms with E-state index in [1.165, 1.54) is 5.56 Å². The standard InChI is InChI=1S/C21H21NO3S/c1-24-17-7-8-18-16(13-17)14-19(25-18)21(23)22-10-9-20(26-12-11-22)15-5-3-2-4-6-15/h2-8,13-14,20H,9-12H2,1H3/t20-/m0/s1. The second-order valence-electron chi connectivity index (χ2n) is 6.37. The highest BCUT2D eigenvalue weighted by atomic mass is 32.2. The van der Waals surface area contributed by atoms with Crippen molar-refractivity contribution >= 4 is 28.6 Å². The van der Waals surface area contributed by atoms with Gasteiger partial charge in [-0.05, 0) is 36.2 Å². The summed E-state index contributed by atoms with van der Waals surface area (Å²) < 4.78 is 11.0. The molecule has 3 aromatic rings. The van der Waals surface area contributed by atoms with Crippen molar-refractivity contribution in [2.45, 2.75) is 11.7 Å². The molecule has 1 aliphatic rings. The van der Waals surface area contributed by atoms with Crippen molar-refractivity contribution in [3.05, 3.63) is 65.9 Å². The van der Waals surface area contributed by atoms with E-state index in [9.17, 15) is 4.79 Å². The van der Waals surface area contributed by atoms with Crippen LogP contribution in [0.4, 0.5) is 0 Å². The molecule has 1 aromatic heterocycles. The fourth-order valence-corrected chi connectivity index (χ4v) is 4.55. The number of carbonyl (C=O) groups excluding carboxylic acids is 1. The van der Waals surface area contributed by atoms with Crippen molar-refractivity contribution in [1.82, 2.24) is 4.90 Å². The molecule has 134 valence electrons. The van der Waals surface area contributed by atoms with Crippen LogP contribution in [0.3, 0.4) is 0 Å². The smallest absolute Gasteiger partial charge is 0.289 e. The van der Waals surface area contributed by atoms with E-state index in [0.717, 1.165) is 36.4 Å². The summed E-state index contributed by atoms with van der Waals surface area (Å²) in [4.78, 5) is 14.8. The average Bonchev–Trinajstić information content (AvgIpc) is 2.96. The first kappa shape index (κ1) is 17.0. The van der Waals surface area contributed by atoms with E-state index < -0.39 is 0 Å². The van der Waals surface area contributed by atoms with E-state index >= 15 is 0 Å². The SMILES string of the molecule is COc1ccc2oc(C(=O)N3CCS[C@H](c4ccccc4)CC3)cc2c1. The van der Waals surface area contributed by atoms with Gasteiger partial charge in [-0.3, -0.25) is 4.79 Å². The summed E-state index contributed by atoms with van der Waals surface area (Å²) >= 11 is 1.92. The predicted molar refractivity (Wildman–Crippen MR) is 105 cm³/mol. The Balaban J connectivity index is 1.50. The predicted octanol–water partition coefficient (Wildman–Crippen LogP) is 4.76. The maximum Gasteiger partial charge on any atom is 0.289 e. The van der Waals surface area contributed by atoms with Gasteiger partial charge in [0, 0.05) is 29.5 Å². The summed E-state index contributed by atoms with van der Waals surface area (Å²) in [5, 5.41) is 1.33. The van der Waals surface area contributed by atoms with Gasteiger partial charge in [0.25, 0.3) is 5.91 Å². The molecule has 1 atom stereocenters. The zero-order chi connectivity index (χ0) is 17.9. The minimum Gasteiger partial charge on any atom is -0.497 e. The molecular formula is C21H21NO3S. The second kappa shape index (κ2) is 7.46. The highest BCUT2D eigenvalue weighted by molar-refractivity contribution is 7.99. The van der Waals surface area contributed by atoms with Gasteiger partial charge in [0.2, 0.25) is 0 Å². The molecule has 0 N–H and O–H groups in total. The Morgan fingerprint density at radius 2 is 2.00 bits per heavy atom. The summed E-state index contributed by atoms with van der Waals surface area (Å²) in [6.07, 6.45) is 0.953. The summed E-state index contributed by atoms with van der Waals surface area (Å²) in [7, 11) is 1.63. The van der Waals surface area contributed by atoms with Gasteiger partial charge >= 0.3 is 0 Å². The summed E-state index contributed by atoms with van der Waals surface area (Å²) in [5.41, 5.74) is 2.04. The molecule has 26 heavy (non-hydrogen) atoms. The average molecular weight is 367 g/mol. The van der Waals surface area contributed by atoms with E-state index in [4.69, 9.17) is 9.15 Å². The molecule has 0 unspecified atom stereocenters. The van der Waals surface area contributed by atoms with E-state index in [2.05, 4.69) is 24.3 Å². The summed E-state index contributed by atoms with van der Waals surface area (Å²) in [5.74, 6) is 2.05. The second-order valence-corrected chi connectivity index (χ2v) is 7.68. The highest BCUT2D eigenvalue weighted by Crippen LogP contribution is 2.34.